The van der Waals surface area contributed by atoms with E-state index in [0.717, 1.165) is 35.8 Å². The highest BCUT2D eigenvalue weighted by Gasteiger charge is 2.15. The zero-order valence-electron chi connectivity index (χ0n) is 9.62. The van der Waals surface area contributed by atoms with Gasteiger partial charge in [-0.15, -0.1) is 0 Å². The number of nitrogens with one attached hydrogen (secondary N) is 1. The molecule has 0 saturated carbocycles. The molecule has 1 N–H and O–H groups in total. The van der Waals surface area contributed by atoms with Gasteiger partial charge in [0.15, 0.2) is 0 Å². The lowest BCUT2D eigenvalue weighted by Crippen LogP contribution is -2.34. The fourth-order valence-corrected chi connectivity index (χ4v) is 2.37. The van der Waals surface area contributed by atoms with Gasteiger partial charge in [0.05, 0.1) is 0 Å². The smallest absolute Gasteiger partial charge is 0.128 e. The van der Waals surface area contributed by atoms with E-state index in [2.05, 4.69) is 44.2 Å². The van der Waals surface area contributed by atoms with Gasteiger partial charge in [-0.1, -0.05) is 0 Å². The normalized spacial score (nSPS) is 17.4. The topological polar surface area (TPSA) is 28.2 Å². The second-order valence-corrected chi connectivity index (χ2v) is 5.32. The molecular formula is C12H18BrN3. The Morgan fingerprint density at radius 1 is 1.44 bits per heavy atom. The first-order valence-corrected chi connectivity index (χ1v) is 6.58. The van der Waals surface area contributed by atoms with Crippen LogP contribution in [0.4, 0.5) is 5.82 Å². The summed E-state index contributed by atoms with van der Waals surface area (Å²) in [6, 6.07) is 4.10. The van der Waals surface area contributed by atoms with E-state index in [0.29, 0.717) is 0 Å². The molecule has 1 aliphatic heterocycles. The summed E-state index contributed by atoms with van der Waals surface area (Å²) in [6.45, 7) is 3.43. The van der Waals surface area contributed by atoms with Crippen LogP contribution in [0, 0.1) is 5.92 Å². The van der Waals surface area contributed by atoms with Gasteiger partial charge < -0.3 is 10.2 Å². The second-order valence-electron chi connectivity index (χ2n) is 4.41. The summed E-state index contributed by atoms with van der Waals surface area (Å²) in [5, 5.41) is 3.39. The molecule has 1 aliphatic rings. The second kappa shape index (κ2) is 5.64. The first-order chi connectivity index (χ1) is 7.75. The fraction of sp³-hybridized carbons (Fsp3) is 0.583. The van der Waals surface area contributed by atoms with Crippen LogP contribution in [0.1, 0.15) is 12.8 Å². The minimum absolute atomic E-state index is 0.802. The SMILES string of the molecule is CN(CC1CCNCC1)c1ccc(Br)cn1. The van der Waals surface area contributed by atoms with Crippen LogP contribution >= 0.6 is 15.9 Å². The van der Waals surface area contributed by atoms with Gasteiger partial charge in [0, 0.05) is 24.3 Å². The maximum Gasteiger partial charge on any atom is 0.128 e. The van der Waals surface area contributed by atoms with Crippen LogP contribution in [0.2, 0.25) is 0 Å². The Bertz CT molecular complexity index is 320. The zero-order chi connectivity index (χ0) is 11.4. The Kier molecular flexibility index (Phi) is 4.18. The minimum atomic E-state index is 0.802. The van der Waals surface area contributed by atoms with Crippen molar-refractivity contribution in [2.24, 2.45) is 5.92 Å². The largest absolute Gasteiger partial charge is 0.359 e. The molecule has 1 saturated heterocycles. The van der Waals surface area contributed by atoms with Crippen LogP contribution < -0.4 is 10.2 Å². The number of aromatic nitrogens is 1. The van der Waals surface area contributed by atoms with Crippen molar-refractivity contribution in [1.82, 2.24) is 10.3 Å². The van der Waals surface area contributed by atoms with Crippen molar-refractivity contribution in [3.63, 3.8) is 0 Å². The van der Waals surface area contributed by atoms with Crippen LogP contribution in [0.3, 0.4) is 0 Å². The Morgan fingerprint density at radius 3 is 2.81 bits per heavy atom. The van der Waals surface area contributed by atoms with Gasteiger partial charge in [0.2, 0.25) is 0 Å². The Balaban J connectivity index is 1.91. The van der Waals surface area contributed by atoms with Crippen molar-refractivity contribution in [1.29, 1.82) is 0 Å². The minimum Gasteiger partial charge on any atom is -0.359 e. The lowest BCUT2D eigenvalue weighted by atomic mass is 9.98. The van der Waals surface area contributed by atoms with E-state index in [1.54, 1.807) is 0 Å². The van der Waals surface area contributed by atoms with E-state index in [1.165, 1.54) is 12.8 Å². The number of rotatable bonds is 3. The monoisotopic (exact) mass is 283 g/mol. The zero-order valence-corrected chi connectivity index (χ0v) is 11.2. The standard InChI is InChI=1S/C12H18BrN3/c1-16(9-10-4-6-14-7-5-10)12-3-2-11(13)8-15-12/h2-3,8,10,14H,4-7,9H2,1H3. The number of halogens is 1. The average Bonchev–Trinajstić information content (AvgIpc) is 2.31. The van der Waals surface area contributed by atoms with Gasteiger partial charge in [-0.2, -0.15) is 0 Å². The molecule has 1 aromatic heterocycles. The van der Waals surface area contributed by atoms with Gasteiger partial charge in [-0.3, -0.25) is 0 Å². The Hall–Kier alpha value is -0.610. The number of pyridine rings is 1. The average molecular weight is 284 g/mol. The van der Waals surface area contributed by atoms with Crippen LogP contribution in [0.15, 0.2) is 22.8 Å². The molecule has 0 aliphatic carbocycles. The van der Waals surface area contributed by atoms with Gasteiger partial charge in [0.1, 0.15) is 5.82 Å². The molecule has 0 bridgehead atoms. The maximum absolute atomic E-state index is 4.41. The third kappa shape index (κ3) is 3.19. The molecule has 88 valence electrons. The first-order valence-electron chi connectivity index (χ1n) is 5.79. The van der Waals surface area contributed by atoms with Gasteiger partial charge in [-0.25, -0.2) is 4.98 Å². The van der Waals surface area contributed by atoms with E-state index in [9.17, 15) is 0 Å². The Morgan fingerprint density at radius 2 is 2.19 bits per heavy atom. The summed E-state index contributed by atoms with van der Waals surface area (Å²) in [5.41, 5.74) is 0. The van der Waals surface area contributed by atoms with Crippen LogP contribution in [-0.4, -0.2) is 31.7 Å². The highest BCUT2D eigenvalue weighted by Crippen LogP contribution is 2.18. The number of anilines is 1. The maximum atomic E-state index is 4.41. The summed E-state index contributed by atoms with van der Waals surface area (Å²) in [6.07, 6.45) is 4.41. The van der Waals surface area contributed by atoms with Crippen molar-refractivity contribution >= 4 is 21.7 Å². The van der Waals surface area contributed by atoms with E-state index in [-0.39, 0.29) is 0 Å². The molecule has 16 heavy (non-hydrogen) atoms. The lowest BCUT2D eigenvalue weighted by Gasteiger charge is -2.28. The molecule has 0 radical (unpaired) electrons. The molecule has 2 heterocycles. The molecule has 1 fully saturated rings. The summed E-state index contributed by atoms with van der Waals surface area (Å²) >= 11 is 3.40. The molecule has 0 aromatic carbocycles. The summed E-state index contributed by atoms with van der Waals surface area (Å²) in [4.78, 5) is 6.66. The van der Waals surface area contributed by atoms with E-state index in [1.807, 2.05) is 12.3 Å². The number of hydrogen-bond donors (Lipinski definition) is 1. The molecule has 3 nitrogen and oxygen atoms in total. The molecule has 0 spiro atoms. The first kappa shape index (κ1) is 11.9. The van der Waals surface area contributed by atoms with Crippen molar-refractivity contribution in [3.8, 4) is 0 Å². The lowest BCUT2D eigenvalue weighted by molar-refractivity contribution is 0.377. The van der Waals surface area contributed by atoms with Crippen molar-refractivity contribution in [3.05, 3.63) is 22.8 Å². The van der Waals surface area contributed by atoms with E-state index < -0.39 is 0 Å². The van der Waals surface area contributed by atoms with Crippen molar-refractivity contribution < 1.29 is 0 Å². The Labute approximate surface area is 105 Å². The van der Waals surface area contributed by atoms with Crippen molar-refractivity contribution in [2.45, 2.75) is 12.8 Å². The molecule has 2 rings (SSSR count). The van der Waals surface area contributed by atoms with E-state index >= 15 is 0 Å². The highest BCUT2D eigenvalue weighted by atomic mass is 79.9. The molecule has 4 heteroatoms. The van der Waals surface area contributed by atoms with E-state index in [4.69, 9.17) is 0 Å². The highest BCUT2D eigenvalue weighted by molar-refractivity contribution is 9.10. The predicted molar refractivity (Wildman–Crippen MR) is 70.8 cm³/mol. The molecule has 0 atom stereocenters. The summed E-state index contributed by atoms with van der Waals surface area (Å²) in [7, 11) is 2.12. The third-order valence-corrected chi connectivity index (χ3v) is 3.56. The number of nitrogens with zero attached hydrogens (tertiary/aromatic N) is 2. The van der Waals surface area contributed by atoms with Crippen LogP contribution in [0.25, 0.3) is 0 Å². The fourth-order valence-electron chi connectivity index (χ4n) is 2.14. The molecule has 1 aromatic rings. The summed E-state index contributed by atoms with van der Waals surface area (Å²) < 4.78 is 1.03. The van der Waals surface area contributed by atoms with Gasteiger partial charge in [0.25, 0.3) is 0 Å². The van der Waals surface area contributed by atoms with Gasteiger partial charge in [-0.05, 0) is 59.9 Å². The van der Waals surface area contributed by atoms with Crippen molar-refractivity contribution in [2.75, 3.05) is 31.6 Å². The van der Waals surface area contributed by atoms with Crippen LogP contribution in [-0.2, 0) is 0 Å². The molecule has 0 amide bonds. The third-order valence-electron chi connectivity index (χ3n) is 3.09. The predicted octanol–water partition coefficient (Wildman–Crippen LogP) is 2.28. The quantitative estimate of drug-likeness (QED) is 0.923. The number of piperidine rings is 1. The number of hydrogen-bond acceptors (Lipinski definition) is 3. The molecule has 0 unspecified atom stereocenters. The van der Waals surface area contributed by atoms with Crippen LogP contribution in [0.5, 0.6) is 0 Å². The molecular weight excluding hydrogens is 266 g/mol. The summed E-state index contributed by atoms with van der Waals surface area (Å²) in [5.74, 6) is 1.86. The van der Waals surface area contributed by atoms with Gasteiger partial charge >= 0.3 is 0 Å².